The molecule has 0 aliphatic rings. The number of phenolic OH excluding ortho intramolecular Hbond substituents is 1. The maximum Gasteiger partial charge on any atom is 0.137 e. The van der Waals surface area contributed by atoms with Crippen LogP contribution in [0.15, 0.2) is 115 Å². The van der Waals surface area contributed by atoms with Gasteiger partial charge in [-0.1, -0.05) is 62.4 Å². The fraction of sp³-hybridized carbons (Fsp3) is 0.125. The zero-order chi connectivity index (χ0) is 24.9. The van der Waals surface area contributed by atoms with Gasteiger partial charge in [-0.2, -0.15) is 0 Å². The van der Waals surface area contributed by atoms with Crippen LogP contribution in [0.2, 0.25) is 0 Å². The Bertz CT molecular complexity index is 1410. The van der Waals surface area contributed by atoms with Crippen molar-refractivity contribution in [1.29, 1.82) is 0 Å². The third-order valence-corrected chi connectivity index (χ3v) is 6.00. The quantitative estimate of drug-likeness (QED) is 0.260. The maximum absolute atomic E-state index is 10.5. The first-order chi connectivity index (χ1) is 17.6. The molecular formula is C32H29N3O. The number of pyridine rings is 2. The summed E-state index contributed by atoms with van der Waals surface area (Å²) in [7, 11) is 0. The van der Waals surface area contributed by atoms with Gasteiger partial charge in [-0.05, 0) is 78.6 Å². The number of aromatic hydroxyl groups is 1. The first-order valence-corrected chi connectivity index (χ1v) is 12.2. The van der Waals surface area contributed by atoms with E-state index in [1.54, 1.807) is 6.07 Å². The first kappa shape index (κ1) is 23.3. The van der Waals surface area contributed by atoms with Crippen LogP contribution in [0.5, 0.6) is 5.75 Å². The maximum atomic E-state index is 10.5. The van der Waals surface area contributed by atoms with Gasteiger partial charge in [0.25, 0.3) is 0 Å². The minimum Gasteiger partial charge on any atom is -0.507 e. The normalized spacial score (nSPS) is 11.0. The van der Waals surface area contributed by atoms with Crippen LogP contribution in [-0.4, -0.2) is 15.1 Å². The Balaban J connectivity index is 1.63. The zero-order valence-corrected chi connectivity index (χ0v) is 20.5. The van der Waals surface area contributed by atoms with Crippen molar-refractivity contribution in [3.05, 3.63) is 121 Å². The second kappa shape index (κ2) is 10.4. The average molecular weight is 472 g/mol. The van der Waals surface area contributed by atoms with Gasteiger partial charge in [-0.25, -0.2) is 9.97 Å². The van der Waals surface area contributed by atoms with E-state index >= 15 is 0 Å². The van der Waals surface area contributed by atoms with Gasteiger partial charge in [0, 0.05) is 28.7 Å². The van der Waals surface area contributed by atoms with Crippen molar-refractivity contribution in [2.45, 2.75) is 20.3 Å². The summed E-state index contributed by atoms with van der Waals surface area (Å²) in [5.74, 6) is 1.58. The Morgan fingerprint density at radius 3 is 2.19 bits per heavy atom. The van der Waals surface area contributed by atoms with E-state index in [-0.39, 0.29) is 5.75 Å². The Morgan fingerprint density at radius 1 is 0.722 bits per heavy atom. The fourth-order valence-electron chi connectivity index (χ4n) is 4.43. The minimum absolute atomic E-state index is 0.233. The van der Waals surface area contributed by atoms with E-state index < -0.39 is 0 Å². The molecule has 4 heteroatoms. The SMILES string of the molecule is CC(C)Cc1cc(-c2cccc(N(c3ccccc3)c3ccccn3)c2)nc(-c2ccccc2O)c1. The van der Waals surface area contributed by atoms with Crippen molar-refractivity contribution in [3.63, 3.8) is 0 Å². The van der Waals surface area contributed by atoms with Gasteiger partial charge in [0.2, 0.25) is 0 Å². The summed E-state index contributed by atoms with van der Waals surface area (Å²) in [5, 5.41) is 10.5. The van der Waals surface area contributed by atoms with Crippen LogP contribution in [-0.2, 0) is 6.42 Å². The minimum atomic E-state index is 0.233. The molecular weight excluding hydrogens is 442 g/mol. The van der Waals surface area contributed by atoms with Crippen LogP contribution < -0.4 is 4.90 Å². The molecule has 0 aliphatic carbocycles. The van der Waals surface area contributed by atoms with E-state index in [1.165, 1.54) is 5.56 Å². The molecule has 0 spiro atoms. The fourth-order valence-corrected chi connectivity index (χ4v) is 4.43. The summed E-state index contributed by atoms with van der Waals surface area (Å²) in [6.45, 7) is 4.43. The number of hydrogen-bond acceptors (Lipinski definition) is 4. The number of hydrogen-bond donors (Lipinski definition) is 1. The van der Waals surface area contributed by atoms with E-state index in [1.807, 2.05) is 60.8 Å². The Labute approximate surface area is 212 Å². The highest BCUT2D eigenvalue weighted by molar-refractivity contribution is 5.78. The molecule has 0 saturated heterocycles. The second-order valence-electron chi connectivity index (χ2n) is 9.27. The summed E-state index contributed by atoms with van der Waals surface area (Å²) in [5.41, 5.74) is 6.62. The first-order valence-electron chi connectivity index (χ1n) is 12.2. The van der Waals surface area contributed by atoms with Gasteiger partial charge in [0.15, 0.2) is 0 Å². The van der Waals surface area contributed by atoms with Crippen LogP contribution in [0.4, 0.5) is 17.2 Å². The van der Waals surface area contributed by atoms with Crippen molar-refractivity contribution >= 4 is 17.2 Å². The smallest absolute Gasteiger partial charge is 0.137 e. The summed E-state index contributed by atoms with van der Waals surface area (Å²) < 4.78 is 0. The van der Waals surface area contributed by atoms with Crippen molar-refractivity contribution < 1.29 is 5.11 Å². The van der Waals surface area contributed by atoms with E-state index in [2.05, 4.69) is 72.3 Å². The molecule has 36 heavy (non-hydrogen) atoms. The molecule has 178 valence electrons. The summed E-state index contributed by atoms with van der Waals surface area (Å²) >= 11 is 0. The highest BCUT2D eigenvalue weighted by atomic mass is 16.3. The van der Waals surface area contributed by atoms with E-state index in [9.17, 15) is 5.11 Å². The molecule has 1 N–H and O–H groups in total. The highest BCUT2D eigenvalue weighted by Gasteiger charge is 2.16. The van der Waals surface area contributed by atoms with Crippen molar-refractivity contribution in [2.24, 2.45) is 5.92 Å². The predicted molar refractivity (Wildman–Crippen MR) is 148 cm³/mol. The van der Waals surface area contributed by atoms with Crippen molar-refractivity contribution in [3.8, 4) is 28.3 Å². The molecule has 0 unspecified atom stereocenters. The molecule has 2 aromatic heterocycles. The summed E-state index contributed by atoms with van der Waals surface area (Å²) in [6, 6.07) is 36.2. The number of nitrogens with zero attached hydrogens (tertiary/aromatic N) is 3. The largest absolute Gasteiger partial charge is 0.507 e. The standard InChI is InChI=1S/C32H29N3O/c1-23(2)19-24-20-29(34-30(21-24)28-15-6-7-16-31(28)36)25-11-10-14-27(22-25)35(26-12-4-3-5-13-26)32-17-8-9-18-33-32/h3-18,20-23,36H,19H2,1-2H3. The predicted octanol–water partition coefficient (Wildman–Crippen LogP) is 8.18. The monoisotopic (exact) mass is 471 g/mol. The topological polar surface area (TPSA) is 49.2 Å². The lowest BCUT2D eigenvalue weighted by Gasteiger charge is -2.24. The lowest BCUT2D eigenvalue weighted by Crippen LogP contribution is -2.11. The molecule has 3 aromatic carbocycles. The third-order valence-electron chi connectivity index (χ3n) is 6.00. The molecule has 2 heterocycles. The van der Waals surface area contributed by atoms with E-state index in [0.29, 0.717) is 5.92 Å². The van der Waals surface area contributed by atoms with Crippen LogP contribution in [0.1, 0.15) is 19.4 Å². The second-order valence-corrected chi connectivity index (χ2v) is 9.27. The lowest BCUT2D eigenvalue weighted by molar-refractivity contribution is 0.477. The van der Waals surface area contributed by atoms with Gasteiger partial charge in [0.05, 0.1) is 11.4 Å². The average Bonchev–Trinajstić information content (AvgIpc) is 2.90. The number of rotatable bonds is 7. The molecule has 5 aromatic rings. The van der Waals surface area contributed by atoms with Crippen LogP contribution in [0, 0.1) is 5.92 Å². The van der Waals surface area contributed by atoms with Gasteiger partial charge < -0.3 is 5.11 Å². The van der Waals surface area contributed by atoms with Crippen molar-refractivity contribution in [2.75, 3.05) is 4.90 Å². The molecule has 0 atom stereocenters. The molecule has 0 saturated carbocycles. The molecule has 4 nitrogen and oxygen atoms in total. The molecule has 0 radical (unpaired) electrons. The number of anilines is 3. The third kappa shape index (κ3) is 5.13. The zero-order valence-electron chi connectivity index (χ0n) is 20.5. The van der Waals surface area contributed by atoms with Gasteiger partial charge in [-0.3, -0.25) is 4.90 Å². The molecule has 0 amide bonds. The van der Waals surface area contributed by atoms with Gasteiger partial charge in [-0.15, -0.1) is 0 Å². The number of benzene rings is 3. The molecule has 0 fully saturated rings. The number of aromatic nitrogens is 2. The molecule has 5 rings (SSSR count). The van der Waals surface area contributed by atoms with Crippen LogP contribution in [0.3, 0.4) is 0 Å². The van der Waals surface area contributed by atoms with E-state index in [0.717, 1.165) is 46.1 Å². The van der Waals surface area contributed by atoms with E-state index in [4.69, 9.17) is 4.98 Å². The Kier molecular flexibility index (Phi) is 6.76. The van der Waals surface area contributed by atoms with Gasteiger partial charge in [0.1, 0.15) is 11.6 Å². The Morgan fingerprint density at radius 2 is 1.44 bits per heavy atom. The van der Waals surface area contributed by atoms with Crippen LogP contribution >= 0.6 is 0 Å². The highest BCUT2D eigenvalue weighted by Crippen LogP contribution is 2.36. The lowest BCUT2D eigenvalue weighted by atomic mass is 9.98. The van der Waals surface area contributed by atoms with Crippen LogP contribution in [0.25, 0.3) is 22.5 Å². The molecule has 0 bridgehead atoms. The summed E-state index contributed by atoms with van der Waals surface area (Å²) in [4.78, 5) is 11.8. The summed E-state index contributed by atoms with van der Waals surface area (Å²) in [6.07, 6.45) is 2.74. The number of phenols is 1. The number of para-hydroxylation sites is 2. The molecule has 0 aliphatic heterocycles. The van der Waals surface area contributed by atoms with Gasteiger partial charge >= 0.3 is 0 Å². The van der Waals surface area contributed by atoms with Crippen molar-refractivity contribution in [1.82, 2.24) is 9.97 Å². The Hall–Kier alpha value is -4.44.